The van der Waals surface area contributed by atoms with Gasteiger partial charge in [0.1, 0.15) is 12.4 Å². The number of para-hydroxylation sites is 2. The molecule has 3 nitrogen and oxygen atoms in total. The van der Waals surface area contributed by atoms with Crippen LogP contribution in [-0.2, 0) is 6.54 Å². The van der Waals surface area contributed by atoms with Gasteiger partial charge in [-0.15, -0.1) is 0 Å². The lowest BCUT2D eigenvalue weighted by Crippen LogP contribution is -2.07. The van der Waals surface area contributed by atoms with Gasteiger partial charge in [-0.2, -0.15) is 0 Å². The van der Waals surface area contributed by atoms with Crippen LogP contribution in [0.25, 0.3) is 10.9 Å². The van der Waals surface area contributed by atoms with Gasteiger partial charge in [-0.1, -0.05) is 18.2 Å². The Kier molecular flexibility index (Phi) is 3.77. The van der Waals surface area contributed by atoms with E-state index in [1.54, 1.807) is 19.2 Å². The minimum absolute atomic E-state index is 0.197. The van der Waals surface area contributed by atoms with Gasteiger partial charge in [-0.3, -0.25) is 0 Å². The van der Waals surface area contributed by atoms with Gasteiger partial charge in [0.25, 0.3) is 0 Å². The number of nitrogens with zero attached hydrogens (tertiary/aromatic N) is 1. The third kappa shape index (κ3) is 2.70. The maximum absolute atomic E-state index is 13.6. The molecule has 0 saturated heterocycles. The summed E-state index contributed by atoms with van der Waals surface area (Å²) in [6.45, 7) is 1.13. The van der Waals surface area contributed by atoms with Crippen molar-refractivity contribution >= 4 is 10.9 Å². The van der Waals surface area contributed by atoms with Crippen LogP contribution >= 0.6 is 0 Å². The monoisotopic (exact) mass is 285 g/mol. The fourth-order valence-corrected chi connectivity index (χ4v) is 2.37. The van der Waals surface area contributed by atoms with Crippen LogP contribution in [0.2, 0.25) is 0 Å². The van der Waals surface area contributed by atoms with E-state index in [4.69, 9.17) is 9.47 Å². The van der Waals surface area contributed by atoms with E-state index in [-0.39, 0.29) is 5.82 Å². The molecule has 0 radical (unpaired) electrons. The lowest BCUT2D eigenvalue weighted by molar-refractivity contribution is 0.281. The van der Waals surface area contributed by atoms with Crippen molar-refractivity contribution in [2.24, 2.45) is 0 Å². The number of benzene rings is 2. The summed E-state index contributed by atoms with van der Waals surface area (Å²) in [6.07, 6.45) is 1.87. The van der Waals surface area contributed by atoms with Gasteiger partial charge < -0.3 is 14.0 Å². The standard InChI is InChI=1S/C17H16FNO2/c1-20-16-7-2-3-8-17(16)21-12-11-19-10-9-13-14(18)5-4-6-15(13)19/h2-10H,11-12H2,1H3. The minimum atomic E-state index is -0.197. The molecule has 2 aromatic carbocycles. The van der Waals surface area contributed by atoms with Crippen molar-refractivity contribution in [1.82, 2.24) is 4.57 Å². The third-order valence-corrected chi connectivity index (χ3v) is 3.42. The normalized spacial score (nSPS) is 10.8. The SMILES string of the molecule is COc1ccccc1OCCn1ccc2c(F)cccc21. The number of hydrogen-bond acceptors (Lipinski definition) is 2. The summed E-state index contributed by atoms with van der Waals surface area (Å²) in [5, 5.41) is 0.634. The highest BCUT2D eigenvalue weighted by Crippen LogP contribution is 2.26. The summed E-state index contributed by atoms with van der Waals surface area (Å²) in [5.74, 6) is 1.22. The van der Waals surface area contributed by atoms with E-state index < -0.39 is 0 Å². The Morgan fingerprint density at radius 2 is 1.81 bits per heavy atom. The van der Waals surface area contributed by atoms with Crippen LogP contribution in [0.3, 0.4) is 0 Å². The van der Waals surface area contributed by atoms with E-state index in [0.29, 0.717) is 30.0 Å². The molecule has 0 bridgehead atoms. The van der Waals surface area contributed by atoms with Crippen molar-refractivity contribution in [3.05, 3.63) is 60.5 Å². The van der Waals surface area contributed by atoms with Gasteiger partial charge in [0.15, 0.2) is 11.5 Å². The molecule has 1 aromatic heterocycles. The average molecular weight is 285 g/mol. The quantitative estimate of drug-likeness (QED) is 0.710. The second kappa shape index (κ2) is 5.87. The first-order chi connectivity index (χ1) is 10.3. The highest BCUT2D eigenvalue weighted by Gasteiger charge is 2.06. The molecule has 21 heavy (non-hydrogen) atoms. The molecule has 3 aromatic rings. The molecule has 0 aliphatic heterocycles. The van der Waals surface area contributed by atoms with Gasteiger partial charge >= 0.3 is 0 Å². The van der Waals surface area contributed by atoms with Crippen molar-refractivity contribution in [2.75, 3.05) is 13.7 Å². The predicted octanol–water partition coefficient (Wildman–Crippen LogP) is 3.87. The number of aromatic nitrogens is 1. The zero-order chi connectivity index (χ0) is 14.7. The Morgan fingerprint density at radius 3 is 2.62 bits per heavy atom. The molecular weight excluding hydrogens is 269 g/mol. The molecule has 0 spiro atoms. The molecule has 0 aliphatic rings. The number of methoxy groups -OCH3 is 1. The van der Waals surface area contributed by atoms with Crippen LogP contribution in [-0.4, -0.2) is 18.3 Å². The van der Waals surface area contributed by atoms with Crippen LogP contribution in [0.4, 0.5) is 4.39 Å². The molecule has 0 atom stereocenters. The van der Waals surface area contributed by atoms with Crippen LogP contribution in [0.15, 0.2) is 54.7 Å². The highest BCUT2D eigenvalue weighted by atomic mass is 19.1. The summed E-state index contributed by atoms with van der Waals surface area (Å²) in [4.78, 5) is 0. The fourth-order valence-electron chi connectivity index (χ4n) is 2.37. The van der Waals surface area contributed by atoms with Crippen molar-refractivity contribution in [3.8, 4) is 11.5 Å². The topological polar surface area (TPSA) is 23.4 Å². The Bertz CT molecular complexity index is 751. The molecule has 0 unspecified atom stereocenters. The average Bonchev–Trinajstić information content (AvgIpc) is 2.93. The zero-order valence-corrected chi connectivity index (χ0v) is 11.8. The Balaban J connectivity index is 1.71. The molecular formula is C17H16FNO2. The number of halogens is 1. The zero-order valence-electron chi connectivity index (χ0n) is 11.8. The molecule has 0 saturated carbocycles. The van der Waals surface area contributed by atoms with Gasteiger partial charge in [0, 0.05) is 11.6 Å². The smallest absolute Gasteiger partial charge is 0.161 e. The molecule has 0 amide bonds. The summed E-state index contributed by atoms with van der Waals surface area (Å²) in [6, 6.07) is 14.4. The summed E-state index contributed by atoms with van der Waals surface area (Å²) < 4.78 is 26.6. The molecule has 0 fully saturated rings. The van der Waals surface area contributed by atoms with Crippen molar-refractivity contribution in [2.45, 2.75) is 6.54 Å². The van der Waals surface area contributed by atoms with Crippen molar-refractivity contribution in [1.29, 1.82) is 0 Å². The van der Waals surface area contributed by atoms with Crippen LogP contribution in [0.5, 0.6) is 11.5 Å². The van der Waals surface area contributed by atoms with Crippen LogP contribution in [0.1, 0.15) is 0 Å². The molecule has 1 heterocycles. The second-order valence-corrected chi connectivity index (χ2v) is 4.68. The second-order valence-electron chi connectivity index (χ2n) is 4.68. The van der Waals surface area contributed by atoms with E-state index in [0.717, 1.165) is 5.52 Å². The van der Waals surface area contributed by atoms with Crippen LogP contribution in [0, 0.1) is 5.82 Å². The number of ether oxygens (including phenoxy) is 2. The van der Waals surface area contributed by atoms with E-state index in [1.165, 1.54) is 6.07 Å². The fraction of sp³-hybridized carbons (Fsp3) is 0.176. The molecule has 4 heteroatoms. The molecule has 3 rings (SSSR count). The van der Waals surface area contributed by atoms with Crippen molar-refractivity contribution < 1.29 is 13.9 Å². The lowest BCUT2D eigenvalue weighted by Gasteiger charge is -2.11. The number of fused-ring (bicyclic) bond motifs is 1. The maximum Gasteiger partial charge on any atom is 0.161 e. The maximum atomic E-state index is 13.6. The summed E-state index contributed by atoms with van der Waals surface area (Å²) in [7, 11) is 1.62. The van der Waals surface area contributed by atoms with Crippen LogP contribution < -0.4 is 9.47 Å². The number of rotatable bonds is 5. The minimum Gasteiger partial charge on any atom is -0.493 e. The first-order valence-electron chi connectivity index (χ1n) is 6.79. The van der Waals surface area contributed by atoms with E-state index >= 15 is 0 Å². The third-order valence-electron chi connectivity index (χ3n) is 3.42. The van der Waals surface area contributed by atoms with E-state index in [9.17, 15) is 4.39 Å². The van der Waals surface area contributed by atoms with Gasteiger partial charge in [0.05, 0.1) is 19.2 Å². The molecule has 0 N–H and O–H groups in total. The van der Waals surface area contributed by atoms with Gasteiger partial charge in [-0.05, 0) is 30.3 Å². The van der Waals surface area contributed by atoms with Gasteiger partial charge in [0.2, 0.25) is 0 Å². The van der Waals surface area contributed by atoms with Crippen molar-refractivity contribution in [3.63, 3.8) is 0 Å². The number of hydrogen-bond donors (Lipinski definition) is 0. The lowest BCUT2D eigenvalue weighted by atomic mass is 10.2. The highest BCUT2D eigenvalue weighted by molar-refractivity contribution is 5.80. The first kappa shape index (κ1) is 13.5. The first-order valence-corrected chi connectivity index (χ1v) is 6.79. The van der Waals surface area contributed by atoms with Gasteiger partial charge in [-0.25, -0.2) is 4.39 Å². The Hall–Kier alpha value is -2.49. The predicted molar refractivity (Wildman–Crippen MR) is 80.4 cm³/mol. The summed E-state index contributed by atoms with van der Waals surface area (Å²) >= 11 is 0. The molecule has 0 aliphatic carbocycles. The Morgan fingerprint density at radius 1 is 1.00 bits per heavy atom. The van der Waals surface area contributed by atoms with E-state index in [2.05, 4.69) is 0 Å². The summed E-state index contributed by atoms with van der Waals surface area (Å²) in [5.41, 5.74) is 0.874. The largest absolute Gasteiger partial charge is 0.493 e. The Labute approximate surface area is 122 Å². The van der Waals surface area contributed by atoms with E-state index in [1.807, 2.05) is 41.1 Å². The molecule has 108 valence electrons.